The Bertz CT molecular complexity index is 264. The van der Waals surface area contributed by atoms with E-state index in [9.17, 15) is 4.79 Å². The van der Waals surface area contributed by atoms with Crippen molar-refractivity contribution in [2.45, 2.75) is 33.7 Å². The van der Waals surface area contributed by atoms with Crippen LogP contribution in [0.25, 0.3) is 0 Å². The van der Waals surface area contributed by atoms with E-state index in [1.165, 1.54) is 0 Å². The van der Waals surface area contributed by atoms with Crippen molar-refractivity contribution < 1.29 is 4.79 Å². The van der Waals surface area contributed by atoms with Gasteiger partial charge in [-0.1, -0.05) is 12.2 Å². The molecule has 1 amide bonds. The van der Waals surface area contributed by atoms with E-state index in [4.69, 9.17) is 18.0 Å². The quantitative estimate of drug-likeness (QED) is 0.678. The van der Waals surface area contributed by atoms with Crippen LogP contribution >= 0.6 is 12.2 Å². The summed E-state index contributed by atoms with van der Waals surface area (Å²) >= 11 is 4.86. The molecule has 5 heteroatoms. The molecule has 0 aliphatic heterocycles. The van der Waals surface area contributed by atoms with Crippen molar-refractivity contribution in [1.82, 2.24) is 10.2 Å². The first kappa shape index (κ1) is 15.3. The van der Waals surface area contributed by atoms with E-state index in [1.54, 1.807) is 13.8 Å². The average Bonchev–Trinajstić information content (AvgIpc) is 2.16. The van der Waals surface area contributed by atoms with Crippen LogP contribution in [0.3, 0.4) is 0 Å². The van der Waals surface area contributed by atoms with Crippen LogP contribution in [0.15, 0.2) is 0 Å². The zero-order valence-electron chi connectivity index (χ0n) is 10.8. The molecule has 0 aliphatic carbocycles. The van der Waals surface area contributed by atoms with E-state index in [2.05, 4.69) is 24.1 Å². The number of carbonyl (C=O) groups is 1. The maximum atomic E-state index is 11.8. The summed E-state index contributed by atoms with van der Waals surface area (Å²) in [5.41, 5.74) is 4.74. The normalized spacial score (nSPS) is 11.9. The molecule has 0 aromatic carbocycles. The van der Waals surface area contributed by atoms with E-state index < -0.39 is 5.41 Å². The maximum Gasteiger partial charge on any atom is 0.232 e. The minimum Gasteiger partial charge on any atom is -0.392 e. The Kier molecular flexibility index (Phi) is 5.89. The van der Waals surface area contributed by atoms with Crippen molar-refractivity contribution in [3.63, 3.8) is 0 Å². The van der Waals surface area contributed by atoms with E-state index in [0.29, 0.717) is 12.6 Å². The summed E-state index contributed by atoms with van der Waals surface area (Å²) in [6, 6.07) is 0.473. The third-order valence-corrected chi connectivity index (χ3v) is 3.33. The molecule has 3 N–H and O–H groups in total. The van der Waals surface area contributed by atoms with Crippen molar-refractivity contribution in [3.8, 4) is 0 Å². The van der Waals surface area contributed by atoms with Crippen molar-refractivity contribution in [2.24, 2.45) is 11.1 Å². The van der Waals surface area contributed by atoms with Gasteiger partial charge >= 0.3 is 0 Å². The molecular weight excluding hydrogens is 222 g/mol. The van der Waals surface area contributed by atoms with Gasteiger partial charge in [0.05, 0.1) is 10.4 Å². The van der Waals surface area contributed by atoms with Crippen LogP contribution in [-0.4, -0.2) is 42.0 Å². The largest absolute Gasteiger partial charge is 0.392 e. The molecule has 0 aromatic rings. The third-order valence-electron chi connectivity index (χ3n) is 2.82. The Hall–Kier alpha value is -0.680. The fraction of sp³-hybridized carbons (Fsp3) is 0.818. The number of amides is 1. The van der Waals surface area contributed by atoms with Crippen LogP contribution in [0.1, 0.15) is 27.7 Å². The van der Waals surface area contributed by atoms with Crippen LogP contribution in [0.2, 0.25) is 0 Å². The molecule has 0 spiro atoms. The highest BCUT2D eigenvalue weighted by atomic mass is 32.1. The molecular formula is C11H23N3OS. The molecule has 0 saturated heterocycles. The number of carbonyl (C=O) groups excluding carboxylic acids is 1. The van der Waals surface area contributed by atoms with Gasteiger partial charge in [-0.15, -0.1) is 0 Å². The minimum atomic E-state index is -0.772. The van der Waals surface area contributed by atoms with E-state index >= 15 is 0 Å². The lowest BCUT2D eigenvalue weighted by molar-refractivity contribution is -0.126. The number of nitrogens with one attached hydrogen (secondary N) is 1. The number of hydrogen-bond acceptors (Lipinski definition) is 3. The maximum absolute atomic E-state index is 11.8. The van der Waals surface area contributed by atoms with Crippen molar-refractivity contribution in [1.29, 1.82) is 0 Å². The van der Waals surface area contributed by atoms with Gasteiger partial charge < -0.3 is 16.0 Å². The van der Waals surface area contributed by atoms with E-state index in [-0.39, 0.29) is 10.9 Å². The first-order valence-corrected chi connectivity index (χ1v) is 5.89. The lowest BCUT2D eigenvalue weighted by Gasteiger charge is -2.24. The number of nitrogens with zero attached hydrogens (tertiary/aromatic N) is 1. The highest BCUT2D eigenvalue weighted by Gasteiger charge is 2.30. The Labute approximate surface area is 104 Å². The van der Waals surface area contributed by atoms with Gasteiger partial charge in [-0.25, -0.2) is 0 Å². The molecule has 0 rings (SSSR count). The molecule has 16 heavy (non-hydrogen) atoms. The lowest BCUT2D eigenvalue weighted by atomic mass is 9.92. The zero-order chi connectivity index (χ0) is 12.9. The number of hydrogen-bond donors (Lipinski definition) is 2. The number of rotatable bonds is 6. The molecule has 0 heterocycles. The van der Waals surface area contributed by atoms with Crippen molar-refractivity contribution in [2.75, 3.05) is 20.1 Å². The summed E-state index contributed by atoms with van der Waals surface area (Å²) in [4.78, 5) is 14.1. The monoisotopic (exact) mass is 245 g/mol. The topological polar surface area (TPSA) is 58.4 Å². The van der Waals surface area contributed by atoms with Gasteiger partial charge in [0.15, 0.2) is 0 Å². The summed E-state index contributed by atoms with van der Waals surface area (Å²) < 4.78 is 0. The highest BCUT2D eigenvalue weighted by Crippen LogP contribution is 2.14. The molecule has 0 fully saturated rings. The SMILES string of the molecule is CC(C)N(C)CCNC(=O)C(C)(C)C(N)=S. The fourth-order valence-corrected chi connectivity index (χ4v) is 1.03. The van der Waals surface area contributed by atoms with Crippen molar-refractivity contribution in [3.05, 3.63) is 0 Å². The molecule has 0 atom stereocenters. The Morgan fingerprint density at radius 2 is 2.00 bits per heavy atom. The highest BCUT2D eigenvalue weighted by molar-refractivity contribution is 7.80. The summed E-state index contributed by atoms with van der Waals surface area (Å²) in [7, 11) is 2.02. The molecule has 0 unspecified atom stereocenters. The average molecular weight is 245 g/mol. The van der Waals surface area contributed by atoms with Gasteiger partial charge in [-0.2, -0.15) is 0 Å². The molecule has 0 saturated carbocycles. The van der Waals surface area contributed by atoms with Crippen LogP contribution in [0, 0.1) is 5.41 Å². The molecule has 0 bridgehead atoms. The van der Waals surface area contributed by atoms with Crippen molar-refractivity contribution >= 4 is 23.1 Å². The van der Waals surface area contributed by atoms with Gasteiger partial charge in [0.25, 0.3) is 0 Å². The van der Waals surface area contributed by atoms with Gasteiger partial charge in [-0.05, 0) is 34.7 Å². The Balaban J connectivity index is 4.05. The zero-order valence-corrected chi connectivity index (χ0v) is 11.6. The third kappa shape index (κ3) is 4.45. The first-order valence-electron chi connectivity index (χ1n) is 5.48. The number of likely N-dealkylation sites (N-methyl/N-ethyl adjacent to an activating group) is 1. The van der Waals surface area contributed by atoms with E-state index in [0.717, 1.165) is 6.54 Å². The van der Waals surface area contributed by atoms with E-state index in [1.807, 2.05) is 7.05 Å². The second-order valence-electron chi connectivity index (χ2n) is 4.82. The Morgan fingerprint density at radius 1 is 1.50 bits per heavy atom. The molecule has 4 nitrogen and oxygen atoms in total. The predicted octanol–water partition coefficient (Wildman–Crippen LogP) is 0.755. The van der Waals surface area contributed by atoms with Gasteiger partial charge in [0, 0.05) is 19.1 Å². The first-order chi connectivity index (χ1) is 7.19. The smallest absolute Gasteiger partial charge is 0.232 e. The van der Waals surface area contributed by atoms with Gasteiger partial charge in [0.1, 0.15) is 0 Å². The van der Waals surface area contributed by atoms with Crippen LogP contribution in [0.5, 0.6) is 0 Å². The number of nitrogens with two attached hydrogens (primary N) is 1. The summed E-state index contributed by atoms with van der Waals surface area (Å²) in [5, 5.41) is 2.84. The summed E-state index contributed by atoms with van der Waals surface area (Å²) in [5.74, 6) is -0.114. The van der Waals surface area contributed by atoms with Gasteiger partial charge in [0.2, 0.25) is 5.91 Å². The minimum absolute atomic E-state index is 0.114. The lowest BCUT2D eigenvalue weighted by Crippen LogP contribution is -2.46. The summed E-state index contributed by atoms with van der Waals surface area (Å²) in [6.45, 7) is 9.12. The fourth-order valence-electron chi connectivity index (χ4n) is 0.937. The van der Waals surface area contributed by atoms with Crippen LogP contribution in [-0.2, 0) is 4.79 Å². The standard InChI is InChI=1S/C11H23N3OS/c1-8(2)14(5)7-6-13-10(15)11(3,4)9(12)16/h8H,6-7H2,1-5H3,(H2,12,16)(H,13,15). The second kappa shape index (κ2) is 6.15. The van der Waals surface area contributed by atoms with Crippen LogP contribution < -0.4 is 11.1 Å². The Morgan fingerprint density at radius 3 is 2.38 bits per heavy atom. The van der Waals surface area contributed by atoms with Gasteiger partial charge in [-0.3, -0.25) is 4.79 Å². The molecule has 94 valence electrons. The molecule has 0 radical (unpaired) electrons. The molecule has 0 aromatic heterocycles. The summed E-state index contributed by atoms with van der Waals surface area (Å²) in [6.07, 6.45) is 0. The van der Waals surface area contributed by atoms with Crippen LogP contribution in [0.4, 0.5) is 0 Å². The number of thiocarbonyl (C=S) groups is 1. The predicted molar refractivity (Wildman–Crippen MR) is 71.3 cm³/mol. The molecule has 0 aliphatic rings. The second-order valence-corrected chi connectivity index (χ2v) is 5.26.